The van der Waals surface area contributed by atoms with Gasteiger partial charge >= 0.3 is 0 Å². The Labute approximate surface area is 443 Å². The molecule has 1 saturated heterocycles. The molecule has 75 heavy (non-hydrogen) atoms. The third kappa shape index (κ3) is 12.9. The Morgan fingerprint density at radius 1 is 0.720 bits per heavy atom. The molecule has 16 heteroatoms. The van der Waals surface area contributed by atoms with Gasteiger partial charge in [-0.3, -0.25) is 33.6 Å². The van der Waals surface area contributed by atoms with E-state index in [2.05, 4.69) is 32.7 Å². The summed E-state index contributed by atoms with van der Waals surface area (Å²) in [7, 11) is 1.66. The maximum atomic E-state index is 15.8. The van der Waals surface area contributed by atoms with Crippen LogP contribution in [0.3, 0.4) is 0 Å². The smallest absolute Gasteiger partial charge is 0.246 e. The Morgan fingerprint density at radius 3 is 1.96 bits per heavy atom. The Kier molecular flexibility index (Phi) is 17.6. The molecule has 0 spiro atoms. The van der Waals surface area contributed by atoms with Crippen molar-refractivity contribution >= 4 is 41.4 Å². The van der Waals surface area contributed by atoms with E-state index in [1.807, 2.05) is 97.9 Å². The molecule has 15 nitrogen and oxygen atoms in total. The second kappa shape index (κ2) is 23.4. The lowest BCUT2D eigenvalue weighted by molar-refractivity contribution is -0.152. The van der Waals surface area contributed by atoms with Crippen molar-refractivity contribution in [2.75, 3.05) is 20.1 Å². The van der Waals surface area contributed by atoms with Gasteiger partial charge in [-0.05, 0) is 104 Å². The van der Waals surface area contributed by atoms with E-state index < -0.39 is 82.6 Å². The van der Waals surface area contributed by atoms with Gasteiger partial charge in [0.05, 0.1) is 18.1 Å². The van der Waals surface area contributed by atoms with E-state index >= 15 is 9.18 Å². The molecule has 7 amide bonds. The third-order valence-electron chi connectivity index (χ3n) is 16.2. The number of likely N-dealkylation sites (N-methyl/N-ethyl adjacent to an activating group) is 1. The van der Waals surface area contributed by atoms with Crippen molar-refractivity contribution in [2.24, 2.45) is 28.6 Å². The van der Waals surface area contributed by atoms with Crippen LogP contribution in [0.2, 0.25) is 0 Å². The molecule has 2 aliphatic carbocycles. The summed E-state index contributed by atoms with van der Waals surface area (Å²) in [4.78, 5) is 106. The number of carbonyl (C=O) groups is 7. The first-order valence-corrected chi connectivity index (χ1v) is 27.1. The van der Waals surface area contributed by atoms with Gasteiger partial charge < -0.3 is 41.3 Å². The van der Waals surface area contributed by atoms with Crippen LogP contribution in [0.1, 0.15) is 141 Å². The highest BCUT2D eigenvalue weighted by atomic mass is 19.1. The zero-order valence-corrected chi connectivity index (χ0v) is 45.9. The topological polar surface area (TPSA) is 189 Å². The standard InChI is InChI=1S/C59H81FN8O7/c1-12-34(2)51(69)64-49(58(5,6)7)56(74)67-31-39-22-14-13-21-38(39)29-48(67)55(73)66(36(4)42-24-17-18-26-45(42)60)32-40-28-44(40)53(71)62-41-30-47(54(72)63-46-27-19-23-37-20-15-16-25-43(37)46)68(33-41)57(75)50(59(8,9)10)65-52(70)35(3)61-11/h13-18,20-22,24-26,34-36,40-41,44,46-50,61H,12,19,23,27-33H2,1-11H3,(H,62,71)(H,63,72)(H,64,69)(H,65,70)/t34-,35+,36-,40?,41?,44?,46?,47+,48+,49-,50-/m1/s1. The number of halogens is 1. The lowest BCUT2D eigenvalue weighted by Crippen LogP contribution is -2.61. The molecule has 2 heterocycles. The maximum Gasteiger partial charge on any atom is 0.246 e. The molecule has 406 valence electrons. The Bertz CT molecular complexity index is 2610. The molecule has 5 N–H and O–H groups in total. The van der Waals surface area contributed by atoms with E-state index in [1.165, 1.54) is 16.5 Å². The van der Waals surface area contributed by atoms with Crippen LogP contribution in [-0.4, -0.2) is 112 Å². The predicted molar refractivity (Wildman–Crippen MR) is 286 cm³/mol. The monoisotopic (exact) mass is 1030 g/mol. The number of fused-ring (bicyclic) bond motifs is 2. The number of nitrogens with zero attached hydrogens (tertiary/aromatic N) is 3. The lowest BCUT2D eigenvalue weighted by atomic mass is 9.83. The zero-order valence-electron chi connectivity index (χ0n) is 45.9. The van der Waals surface area contributed by atoms with E-state index in [0.29, 0.717) is 12.8 Å². The van der Waals surface area contributed by atoms with Crippen LogP contribution in [0, 0.1) is 34.4 Å². The van der Waals surface area contributed by atoms with Gasteiger partial charge in [-0.2, -0.15) is 0 Å². The first-order chi connectivity index (χ1) is 35.4. The molecule has 0 bridgehead atoms. The molecule has 7 rings (SSSR count). The van der Waals surface area contributed by atoms with Gasteiger partial charge in [0.15, 0.2) is 0 Å². The van der Waals surface area contributed by atoms with Crippen LogP contribution < -0.4 is 26.6 Å². The van der Waals surface area contributed by atoms with Crippen LogP contribution in [-0.2, 0) is 52.9 Å². The number of amides is 7. The molecular weight excluding hydrogens is 952 g/mol. The van der Waals surface area contributed by atoms with E-state index in [-0.39, 0.29) is 79.5 Å². The van der Waals surface area contributed by atoms with Gasteiger partial charge in [0.1, 0.15) is 30.0 Å². The molecular formula is C59H81FN8O7. The van der Waals surface area contributed by atoms with E-state index in [1.54, 1.807) is 48.9 Å². The third-order valence-corrected chi connectivity index (χ3v) is 16.2. The van der Waals surface area contributed by atoms with E-state index in [4.69, 9.17) is 0 Å². The summed E-state index contributed by atoms with van der Waals surface area (Å²) in [5, 5.41) is 15.3. The number of benzene rings is 3. The molecule has 4 aliphatic rings. The molecule has 2 aliphatic heterocycles. The van der Waals surface area contributed by atoms with Gasteiger partial charge in [0, 0.05) is 49.5 Å². The molecule has 0 radical (unpaired) electrons. The molecule has 3 aromatic carbocycles. The van der Waals surface area contributed by atoms with Crippen molar-refractivity contribution in [1.29, 1.82) is 0 Å². The molecule has 4 unspecified atom stereocenters. The van der Waals surface area contributed by atoms with Gasteiger partial charge in [0.25, 0.3) is 0 Å². The van der Waals surface area contributed by atoms with Crippen molar-refractivity contribution in [3.63, 3.8) is 0 Å². The summed E-state index contributed by atoms with van der Waals surface area (Å²) in [6.07, 6.45) is 3.87. The van der Waals surface area contributed by atoms with Crippen LogP contribution in [0.4, 0.5) is 4.39 Å². The van der Waals surface area contributed by atoms with Crippen LogP contribution in [0.5, 0.6) is 0 Å². The minimum absolute atomic E-state index is 0.0284. The summed E-state index contributed by atoms with van der Waals surface area (Å²) in [5.74, 6) is -4.16. The SMILES string of the molecule is CC[C@@H](C)C(=O)N[C@H](C(=O)N1Cc2ccccc2C[C@H]1C(=O)N(CC1CC1C(=O)NC1C[C@@H](C(=O)NC2CCCc3ccccc32)N(C(=O)[C@@H](NC(=O)[C@H](C)NC)C(C)(C)C)C1)[C@H](C)c1ccccc1F)C(C)(C)C. The van der Waals surface area contributed by atoms with Crippen LogP contribution >= 0.6 is 0 Å². The molecule has 3 aromatic rings. The second-order valence-corrected chi connectivity index (χ2v) is 23.8. The molecule has 1 saturated carbocycles. The largest absolute Gasteiger partial charge is 0.351 e. The number of aryl methyl sites for hydroxylation is 1. The summed E-state index contributed by atoms with van der Waals surface area (Å²) >= 11 is 0. The van der Waals surface area contributed by atoms with E-state index in [9.17, 15) is 28.8 Å². The van der Waals surface area contributed by atoms with Crippen molar-refractivity contribution in [3.8, 4) is 0 Å². The Morgan fingerprint density at radius 2 is 1.32 bits per heavy atom. The first kappa shape index (κ1) is 56.6. The fraction of sp³-hybridized carbons (Fsp3) is 0.576. The number of rotatable bonds is 17. The maximum absolute atomic E-state index is 15.8. The minimum Gasteiger partial charge on any atom is -0.351 e. The average molecular weight is 1030 g/mol. The summed E-state index contributed by atoms with van der Waals surface area (Å²) in [6, 6.07) is 15.8. The van der Waals surface area contributed by atoms with Crippen molar-refractivity contribution in [3.05, 3.63) is 106 Å². The lowest BCUT2D eigenvalue weighted by Gasteiger charge is -2.43. The van der Waals surface area contributed by atoms with Crippen LogP contribution in [0.25, 0.3) is 0 Å². The van der Waals surface area contributed by atoms with Gasteiger partial charge in [0.2, 0.25) is 41.4 Å². The molecule has 0 aromatic heterocycles. The zero-order chi connectivity index (χ0) is 54.7. The summed E-state index contributed by atoms with van der Waals surface area (Å²) in [6.45, 7) is 18.6. The number of nitrogens with one attached hydrogen (secondary N) is 5. The normalized spacial score (nSPS) is 23.3. The van der Waals surface area contributed by atoms with Crippen molar-refractivity contribution in [1.82, 2.24) is 41.3 Å². The Balaban J connectivity index is 1.14. The average Bonchev–Trinajstić information content (AvgIpc) is 4.04. The van der Waals surface area contributed by atoms with Gasteiger partial charge in [-0.1, -0.05) is 122 Å². The molecule has 11 atom stereocenters. The minimum atomic E-state index is -1.01. The number of likely N-dealkylation sites (tertiary alicyclic amines) is 1. The van der Waals surface area contributed by atoms with Crippen molar-refractivity contribution in [2.45, 2.75) is 169 Å². The number of hydrogen-bond acceptors (Lipinski definition) is 8. The predicted octanol–water partition coefficient (Wildman–Crippen LogP) is 6.30. The highest BCUT2D eigenvalue weighted by molar-refractivity contribution is 5.95. The van der Waals surface area contributed by atoms with Gasteiger partial charge in [-0.15, -0.1) is 0 Å². The highest BCUT2D eigenvalue weighted by Crippen LogP contribution is 2.42. The summed E-state index contributed by atoms with van der Waals surface area (Å²) < 4.78 is 15.8. The molecule has 2 fully saturated rings. The fourth-order valence-electron chi connectivity index (χ4n) is 11.0. The van der Waals surface area contributed by atoms with Gasteiger partial charge in [-0.25, -0.2) is 4.39 Å². The van der Waals surface area contributed by atoms with Crippen LogP contribution in [0.15, 0.2) is 72.8 Å². The van der Waals surface area contributed by atoms with E-state index in [0.717, 1.165) is 36.0 Å². The number of hydrogen-bond donors (Lipinski definition) is 5. The Hall–Kier alpha value is -6.16. The second-order valence-electron chi connectivity index (χ2n) is 23.8. The van der Waals surface area contributed by atoms with Crippen molar-refractivity contribution < 1.29 is 38.0 Å². The fourth-order valence-corrected chi connectivity index (χ4v) is 11.0. The quantitative estimate of drug-likeness (QED) is 0.104. The highest BCUT2D eigenvalue weighted by Gasteiger charge is 2.51. The number of carbonyl (C=O) groups excluding carboxylic acids is 7. The summed E-state index contributed by atoms with van der Waals surface area (Å²) in [5.41, 5.74) is 2.83. The first-order valence-electron chi connectivity index (χ1n) is 27.1.